The van der Waals surface area contributed by atoms with Crippen LogP contribution in [0.25, 0.3) is 0 Å². The summed E-state index contributed by atoms with van der Waals surface area (Å²) < 4.78 is 70.8. The van der Waals surface area contributed by atoms with Gasteiger partial charge in [-0.25, -0.2) is 21.6 Å². The molecule has 44 heavy (non-hydrogen) atoms. The summed E-state index contributed by atoms with van der Waals surface area (Å²) in [5.41, 5.74) is 7.46. The highest BCUT2D eigenvalue weighted by atomic mass is 35.5. The zero-order chi connectivity index (χ0) is 31.6. The van der Waals surface area contributed by atoms with Crippen molar-refractivity contribution in [3.05, 3.63) is 94.0 Å². The molecule has 0 spiro atoms. The average Bonchev–Trinajstić information content (AvgIpc) is 3.09. The van der Waals surface area contributed by atoms with Crippen molar-refractivity contribution in [1.82, 2.24) is 14.6 Å². The number of alkyl halides is 2. The molecule has 5 atom stereocenters. The third-order valence-corrected chi connectivity index (χ3v) is 10.6. The second-order valence-corrected chi connectivity index (χ2v) is 14.0. The van der Waals surface area contributed by atoms with Gasteiger partial charge >= 0.3 is 0 Å². The van der Waals surface area contributed by atoms with Crippen LogP contribution in [0, 0.1) is 5.82 Å². The normalized spacial score (nSPS) is 22.9. The fourth-order valence-electron chi connectivity index (χ4n) is 6.00. The van der Waals surface area contributed by atoms with Crippen molar-refractivity contribution in [1.29, 1.82) is 0 Å². The van der Waals surface area contributed by atoms with E-state index in [9.17, 15) is 22.0 Å². The van der Waals surface area contributed by atoms with E-state index in [0.717, 1.165) is 19.5 Å². The smallest absolute Gasteiger partial charge is 0.272 e. The van der Waals surface area contributed by atoms with E-state index in [1.165, 1.54) is 28.7 Å². The molecule has 13 heteroatoms. The molecule has 0 aliphatic carbocycles. The fraction of sp³-hybridized carbons (Fsp3) is 0.419. The van der Waals surface area contributed by atoms with E-state index >= 15 is 4.39 Å². The van der Waals surface area contributed by atoms with Crippen molar-refractivity contribution in [2.24, 2.45) is 5.73 Å². The molecule has 0 radical (unpaired) electrons. The first-order chi connectivity index (χ1) is 20.8. The Labute approximate surface area is 260 Å². The van der Waals surface area contributed by atoms with Crippen molar-refractivity contribution >= 4 is 33.2 Å². The Hall–Kier alpha value is -3.03. The number of carbonyl (C=O) groups excluding carboxylic acids is 1. The number of aromatic nitrogens is 1. The lowest BCUT2D eigenvalue weighted by atomic mass is 9.85. The number of fused-ring (bicyclic) bond motifs is 2. The molecule has 236 valence electrons. The molecule has 5 unspecified atom stereocenters. The monoisotopic (exact) mass is 649 g/mol. The minimum absolute atomic E-state index is 0.0870. The summed E-state index contributed by atoms with van der Waals surface area (Å²) in [5, 5.41) is 6.59. The number of piperazine rings is 1. The molecule has 0 saturated carbocycles. The second-order valence-electron chi connectivity index (χ2n) is 11.5. The van der Waals surface area contributed by atoms with Gasteiger partial charge in [-0.05, 0) is 67.1 Å². The lowest BCUT2D eigenvalue weighted by Gasteiger charge is -2.37. The Bertz CT molecular complexity index is 1600. The Kier molecular flexibility index (Phi) is 9.66. The number of amides is 1. The van der Waals surface area contributed by atoms with Crippen LogP contribution in [0.1, 0.15) is 54.4 Å². The van der Waals surface area contributed by atoms with Crippen molar-refractivity contribution < 1.29 is 26.4 Å². The Morgan fingerprint density at radius 3 is 2.68 bits per heavy atom. The fourth-order valence-corrected chi connectivity index (χ4v) is 7.93. The molecule has 2 aromatic carbocycles. The van der Waals surface area contributed by atoms with E-state index < -0.39 is 39.6 Å². The number of nitrogens with two attached hydrogens (primary N) is 1. The van der Waals surface area contributed by atoms with E-state index in [1.807, 2.05) is 0 Å². The van der Waals surface area contributed by atoms with Crippen LogP contribution in [0.3, 0.4) is 0 Å². The highest BCUT2D eigenvalue weighted by Crippen LogP contribution is 2.34. The summed E-state index contributed by atoms with van der Waals surface area (Å²) >= 11 is 6.07. The number of hydrogen-bond donors (Lipinski definition) is 3. The summed E-state index contributed by atoms with van der Waals surface area (Å²) in [4.78, 5) is 17.6. The molecule has 2 bridgehead atoms. The third kappa shape index (κ3) is 7.26. The van der Waals surface area contributed by atoms with Gasteiger partial charge in [-0.15, -0.1) is 0 Å². The Balaban J connectivity index is 1.39. The largest absolute Gasteiger partial charge is 0.324 e. The zero-order valence-electron chi connectivity index (χ0n) is 24.1. The maximum Gasteiger partial charge on any atom is 0.272 e. The van der Waals surface area contributed by atoms with Gasteiger partial charge in [0, 0.05) is 72.2 Å². The number of benzene rings is 2. The lowest BCUT2D eigenvalue weighted by Crippen LogP contribution is -2.57. The van der Waals surface area contributed by atoms with Crippen LogP contribution in [-0.2, 0) is 27.2 Å². The summed E-state index contributed by atoms with van der Waals surface area (Å²) in [6.07, 6.45) is 4.32. The molecular formula is C31H35ClF3N5O3S. The minimum atomic E-state index is -3.42. The molecule has 3 aromatic rings. The third-order valence-electron chi connectivity index (χ3n) is 8.38. The van der Waals surface area contributed by atoms with Crippen LogP contribution in [0.4, 0.5) is 18.9 Å². The minimum Gasteiger partial charge on any atom is -0.324 e. The highest BCUT2D eigenvalue weighted by Gasteiger charge is 2.38. The number of pyridine rings is 1. The summed E-state index contributed by atoms with van der Waals surface area (Å²) in [5.74, 6) is -5.18. The van der Waals surface area contributed by atoms with E-state index in [2.05, 4.69) is 15.6 Å². The van der Waals surface area contributed by atoms with Gasteiger partial charge in [-0.3, -0.25) is 9.78 Å². The molecule has 1 aromatic heterocycles. The molecule has 8 nitrogen and oxygen atoms in total. The van der Waals surface area contributed by atoms with Crippen molar-refractivity contribution in [2.75, 3.05) is 24.2 Å². The number of anilines is 1. The van der Waals surface area contributed by atoms with E-state index in [1.54, 1.807) is 30.3 Å². The quantitative estimate of drug-likeness (QED) is 0.307. The molecule has 2 fully saturated rings. The Morgan fingerprint density at radius 2 is 1.95 bits per heavy atom. The number of rotatable bonds is 9. The van der Waals surface area contributed by atoms with Crippen molar-refractivity contribution in [3.63, 3.8) is 0 Å². The Morgan fingerprint density at radius 1 is 1.20 bits per heavy atom. The van der Waals surface area contributed by atoms with Gasteiger partial charge in [0.1, 0.15) is 5.82 Å². The maximum atomic E-state index is 15.2. The second kappa shape index (κ2) is 13.1. The number of nitrogens with zero attached hydrogens (tertiary/aromatic N) is 2. The summed E-state index contributed by atoms with van der Waals surface area (Å²) in [6, 6.07) is 10.6. The molecule has 2 aliphatic rings. The lowest BCUT2D eigenvalue weighted by molar-refractivity contribution is -0.117. The van der Waals surface area contributed by atoms with Gasteiger partial charge in [0.15, 0.2) is 0 Å². The van der Waals surface area contributed by atoms with E-state index in [0.29, 0.717) is 42.1 Å². The molecule has 4 N–H and O–H groups in total. The summed E-state index contributed by atoms with van der Waals surface area (Å²) in [6.45, 7) is 1.60. The van der Waals surface area contributed by atoms with Gasteiger partial charge in [0.25, 0.3) is 5.92 Å². The van der Waals surface area contributed by atoms with Crippen LogP contribution in [0.15, 0.2) is 60.9 Å². The van der Waals surface area contributed by atoms with Crippen LogP contribution in [0.2, 0.25) is 5.02 Å². The molecule has 3 heterocycles. The van der Waals surface area contributed by atoms with Gasteiger partial charge < -0.3 is 16.4 Å². The molecule has 5 rings (SSSR count). The SMILES string of the molecule is CC(F)(F)c1cncc(C(c2ccc(Cl)cc2)C(N)C(=O)Nc2cccc(F)c2CCC2CNC3CCCS(=O)(=O)N2C3)c1. The van der Waals surface area contributed by atoms with Crippen molar-refractivity contribution in [2.45, 2.75) is 62.6 Å². The van der Waals surface area contributed by atoms with Crippen LogP contribution in [-0.4, -0.2) is 60.6 Å². The molecule has 2 saturated heterocycles. The van der Waals surface area contributed by atoms with E-state index in [-0.39, 0.29) is 41.1 Å². The standard InChI is InChI=1S/C31H35ClF3N5O3S/c1-31(34,35)21-14-20(15-37-16-21)28(19-7-9-22(32)10-8-19)29(36)30(41)39-27-6-2-5-26(33)25(27)12-11-24-17-38-23-4-3-13-44(42,43)40(24)18-23/h2,5-10,14-16,23-24,28-29,38H,3-4,11-13,17-18,36H2,1H3,(H,39,41). The van der Waals surface area contributed by atoms with E-state index in [4.69, 9.17) is 17.3 Å². The number of nitrogens with one attached hydrogen (secondary N) is 2. The number of sulfonamides is 1. The van der Waals surface area contributed by atoms with Gasteiger partial charge in [0.05, 0.1) is 11.8 Å². The predicted molar refractivity (Wildman–Crippen MR) is 164 cm³/mol. The highest BCUT2D eigenvalue weighted by molar-refractivity contribution is 7.89. The molecule has 1 amide bonds. The molecule has 2 aliphatic heterocycles. The summed E-state index contributed by atoms with van der Waals surface area (Å²) in [7, 11) is -3.42. The van der Waals surface area contributed by atoms with Crippen molar-refractivity contribution in [3.8, 4) is 0 Å². The zero-order valence-corrected chi connectivity index (χ0v) is 25.7. The van der Waals surface area contributed by atoms with Crippen LogP contribution in [0.5, 0.6) is 0 Å². The van der Waals surface area contributed by atoms with Gasteiger partial charge in [-0.1, -0.05) is 29.8 Å². The maximum absolute atomic E-state index is 15.2. The molecular weight excluding hydrogens is 615 g/mol. The predicted octanol–water partition coefficient (Wildman–Crippen LogP) is 4.78. The van der Waals surface area contributed by atoms with Gasteiger partial charge in [-0.2, -0.15) is 4.31 Å². The first-order valence-electron chi connectivity index (χ1n) is 14.5. The first kappa shape index (κ1) is 32.4. The topological polar surface area (TPSA) is 117 Å². The van der Waals surface area contributed by atoms with Gasteiger partial charge in [0.2, 0.25) is 15.9 Å². The van der Waals surface area contributed by atoms with Crippen LogP contribution < -0.4 is 16.4 Å². The number of halogens is 4. The van der Waals surface area contributed by atoms with Crippen LogP contribution >= 0.6 is 11.6 Å². The first-order valence-corrected chi connectivity index (χ1v) is 16.5. The number of hydrogen-bond acceptors (Lipinski definition) is 6. The average molecular weight is 650 g/mol. The number of carbonyl (C=O) groups is 1.